The van der Waals surface area contributed by atoms with E-state index in [4.69, 9.17) is 28.9 Å². The van der Waals surface area contributed by atoms with Crippen molar-refractivity contribution >= 4 is 45.7 Å². The molecule has 2 N–H and O–H groups in total. The third-order valence-corrected chi connectivity index (χ3v) is 18.2. The lowest BCUT2D eigenvalue weighted by molar-refractivity contribution is -0.156. The number of aromatic nitrogens is 3. The number of anilines is 1. The second-order valence-corrected chi connectivity index (χ2v) is 23.8. The molecular weight excluding hydrogens is 943 g/mol. The number of thiazole rings is 1. The van der Waals surface area contributed by atoms with Crippen molar-refractivity contribution in [3.63, 3.8) is 0 Å². The summed E-state index contributed by atoms with van der Waals surface area (Å²) in [6, 6.07) is 7.61. The van der Waals surface area contributed by atoms with Gasteiger partial charge in [-0.05, 0) is 113 Å². The van der Waals surface area contributed by atoms with Gasteiger partial charge in [-0.1, -0.05) is 33.8 Å². The quantitative estimate of drug-likeness (QED) is 0.138. The van der Waals surface area contributed by atoms with E-state index in [0.717, 1.165) is 126 Å². The van der Waals surface area contributed by atoms with Crippen LogP contribution in [0.15, 0.2) is 35.8 Å². The summed E-state index contributed by atoms with van der Waals surface area (Å²) in [5.74, 6) is -0.440. The fourth-order valence-electron chi connectivity index (χ4n) is 12.4. The van der Waals surface area contributed by atoms with Crippen LogP contribution in [0.3, 0.4) is 0 Å². The molecule has 73 heavy (non-hydrogen) atoms. The van der Waals surface area contributed by atoms with E-state index < -0.39 is 29.5 Å². The molecule has 6 fully saturated rings. The number of hydrazine groups is 1. The number of methoxy groups -OCH3 is 1. The van der Waals surface area contributed by atoms with Crippen molar-refractivity contribution in [3.8, 4) is 22.5 Å². The van der Waals surface area contributed by atoms with Crippen molar-refractivity contribution in [2.24, 2.45) is 23.2 Å². The fraction of sp³-hybridized carbons (Fsp3) is 0.661. The van der Waals surface area contributed by atoms with Crippen molar-refractivity contribution in [1.82, 2.24) is 40.1 Å². The lowest BCUT2D eigenvalue weighted by Gasteiger charge is -2.39. The molecule has 0 radical (unpaired) electrons. The molecule has 11 rings (SSSR count). The Balaban J connectivity index is 1.06. The van der Waals surface area contributed by atoms with Crippen molar-refractivity contribution < 1.29 is 33.3 Å². The second kappa shape index (κ2) is 21.3. The summed E-state index contributed by atoms with van der Waals surface area (Å²) in [7, 11) is 1.75. The van der Waals surface area contributed by atoms with Crippen LogP contribution < -0.4 is 15.6 Å². The number of cyclic esters (lactones) is 1. The van der Waals surface area contributed by atoms with Gasteiger partial charge >= 0.3 is 5.97 Å². The lowest BCUT2D eigenvalue weighted by Crippen LogP contribution is -2.62. The van der Waals surface area contributed by atoms with E-state index in [1.807, 2.05) is 6.20 Å². The molecule has 17 heteroatoms. The van der Waals surface area contributed by atoms with E-state index in [2.05, 4.69) is 94.3 Å². The monoisotopic (exact) mass is 1020 g/mol. The molecule has 1 unspecified atom stereocenters. The van der Waals surface area contributed by atoms with Gasteiger partial charge in [-0.15, -0.1) is 11.3 Å². The highest BCUT2D eigenvalue weighted by atomic mass is 32.1. The highest BCUT2D eigenvalue weighted by Crippen LogP contribution is 2.47. The zero-order valence-electron chi connectivity index (χ0n) is 43.9. The number of likely N-dealkylation sites (tertiary alicyclic amines) is 1. The van der Waals surface area contributed by atoms with E-state index in [1.54, 1.807) is 23.5 Å². The maximum absolute atomic E-state index is 15.1. The van der Waals surface area contributed by atoms with Crippen LogP contribution in [0.4, 0.5) is 5.69 Å². The number of fused-ring (bicyclic) bond motifs is 6. The summed E-state index contributed by atoms with van der Waals surface area (Å²) in [4.78, 5) is 61.7. The molecular formula is C56H77N9O7S. The van der Waals surface area contributed by atoms with Crippen LogP contribution in [0.2, 0.25) is 0 Å². The number of benzene rings is 1. The zero-order valence-corrected chi connectivity index (χ0v) is 44.7. The SMILES string of the molecule is CO[C@@H](C)c1ncc(N2CCN(C3CC3)CC2)cc1-c1c2c3cc(ccc3n1CCOC1CCOCC1)-c1csc(n1)[C@@H](N1CCCC1)[C@H](NC(=O)C1[C@@H](C)[C@H]1C)C(=O)N1CCC[C@H](N1)C(=O)OCC(C)(C)C2. The van der Waals surface area contributed by atoms with Gasteiger partial charge < -0.3 is 33.7 Å². The highest BCUT2D eigenvalue weighted by molar-refractivity contribution is 7.10. The molecule has 0 spiro atoms. The van der Waals surface area contributed by atoms with Gasteiger partial charge in [0.25, 0.3) is 5.91 Å². The molecule has 7 atom stereocenters. The third kappa shape index (κ3) is 10.6. The minimum Gasteiger partial charge on any atom is -0.464 e. The van der Waals surface area contributed by atoms with Gasteiger partial charge in [0.15, 0.2) is 0 Å². The molecule has 7 aliphatic rings. The molecule has 6 bridgehead atoms. The van der Waals surface area contributed by atoms with E-state index in [-0.39, 0.29) is 48.4 Å². The molecule has 2 saturated carbocycles. The molecule has 2 amide bonds. The van der Waals surface area contributed by atoms with Crippen molar-refractivity contribution in [2.45, 2.75) is 135 Å². The van der Waals surface area contributed by atoms with Crippen LogP contribution in [0.25, 0.3) is 33.4 Å². The largest absolute Gasteiger partial charge is 0.464 e. The summed E-state index contributed by atoms with van der Waals surface area (Å²) >= 11 is 1.55. The number of ether oxygens (including phenoxy) is 4. The van der Waals surface area contributed by atoms with Crippen LogP contribution in [0.1, 0.15) is 114 Å². The number of esters is 1. The van der Waals surface area contributed by atoms with Crippen LogP contribution in [-0.4, -0.2) is 151 Å². The first-order valence-electron chi connectivity index (χ1n) is 27.5. The van der Waals surface area contributed by atoms with Gasteiger partial charge in [0.2, 0.25) is 5.91 Å². The van der Waals surface area contributed by atoms with Crippen LogP contribution in [-0.2, 0) is 46.3 Å². The second-order valence-electron chi connectivity index (χ2n) is 22.9. The van der Waals surface area contributed by atoms with E-state index >= 15 is 4.79 Å². The Hall–Kier alpha value is -4.49. The normalized spacial score (nSPS) is 28.0. The number of rotatable bonds is 12. The number of pyridine rings is 1. The minimum absolute atomic E-state index is 0.104. The number of carbonyl (C=O) groups excluding carboxylic acids is 3. The molecule has 1 aromatic carbocycles. The molecule has 16 nitrogen and oxygen atoms in total. The van der Waals surface area contributed by atoms with Gasteiger partial charge in [0, 0.05) is 104 Å². The average molecular weight is 1020 g/mol. The third-order valence-electron chi connectivity index (χ3n) is 17.3. The predicted octanol–water partition coefficient (Wildman–Crippen LogP) is 7.16. The zero-order chi connectivity index (χ0) is 50.5. The Labute approximate surface area is 434 Å². The van der Waals surface area contributed by atoms with Gasteiger partial charge in [-0.2, -0.15) is 0 Å². The summed E-state index contributed by atoms with van der Waals surface area (Å²) in [5, 5.41) is 8.85. The molecule has 3 aromatic heterocycles. The average Bonchev–Trinajstić information content (AvgIpc) is 4.12. The molecule has 394 valence electrons. The first kappa shape index (κ1) is 50.7. The Bertz CT molecular complexity index is 2640. The smallest absolute Gasteiger partial charge is 0.324 e. The van der Waals surface area contributed by atoms with Crippen molar-refractivity contribution in [1.29, 1.82) is 0 Å². The molecule has 2 aliphatic carbocycles. The summed E-state index contributed by atoms with van der Waals surface area (Å²) in [6.07, 6.45) is 9.93. The number of nitrogens with zero attached hydrogens (tertiary/aromatic N) is 7. The van der Waals surface area contributed by atoms with Gasteiger partial charge in [-0.25, -0.2) is 10.4 Å². The number of amides is 2. The van der Waals surface area contributed by atoms with Crippen LogP contribution >= 0.6 is 11.3 Å². The van der Waals surface area contributed by atoms with Gasteiger partial charge in [0.1, 0.15) is 17.1 Å². The van der Waals surface area contributed by atoms with Crippen LogP contribution in [0.5, 0.6) is 0 Å². The minimum atomic E-state index is -0.922. The van der Waals surface area contributed by atoms with Gasteiger partial charge in [-0.3, -0.25) is 34.2 Å². The molecule has 5 aliphatic heterocycles. The number of hydrogen-bond donors (Lipinski definition) is 2. The summed E-state index contributed by atoms with van der Waals surface area (Å²) < 4.78 is 27.3. The standard InChI is InChI=1S/C56H77N9O7S/c1-34-35(2)47(34)52(66)59-49-51(63-17-7-8-18-63)53-58-45(32-73-53)37-11-14-46-41(28-37)43(30-56(4,5)33-72-55(68)44-10-9-19-65(60-44)54(49)67)50(64(46)24-27-71-40-15-25-70-26-16-40)42-29-39(31-57-48(42)36(3)69-6)62-22-20-61(21-23-62)38-12-13-38/h11,14,28-29,31-32,34-36,38,40,44,47,49,51,60H,7-10,12-13,15-27,30,33H2,1-6H3,(H,59,66)/t34-,35+,36-,44-,47?,49-,51-/m0/s1. The Morgan fingerprint density at radius 1 is 0.959 bits per heavy atom. The van der Waals surface area contributed by atoms with Crippen molar-refractivity contribution in [3.05, 3.63) is 52.1 Å². The topological polar surface area (TPSA) is 156 Å². The lowest BCUT2D eigenvalue weighted by atomic mass is 9.84. The molecule has 4 saturated heterocycles. The summed E-state index contributed by atoms with van der Waals surface area (Å²) in [6.45, 7) is 19.2. The first-order chi connectivity index (χ1) is 35.4. The molecule has 8 heterocycles. The van der Waals surface area contributed by atoms with Gasteiger partial charge in [0.05, 0.1) is 60.4 Å². The number of nitrogens with one attached hydrogen (secondary N) is 2. The van der Waals surface area contributed by atoms with Crippen molar-refractivity contribution in [2.75, 3.05) is 84.3 Å². The summed E-state index contributed by atoms with van der Waals surface area (Å²) in [5.41, 5.74) is 10.8. The van der Waals surface area contributed by atoms with E-state index in [0.29, 0.717) is 52.2 Å². The van der Waals surface area contributed by atoms with E-state index in [1.165, 1.54) is 12.8 Å². The number of carbonyl (C=O) groups is 3. The number of hydrogen-bond acceptors (Lipinski definition) is 14. The maximum Gasteiger partial charge on any atom is 0.324 e. The Morgan fingerprint density at radius 2 is 1.73 bits per heavy atom. The Morgan fingerprint density at radius 3 is 2.45 bits per heavy atom. The fourth-order valence-corrected chi connectivity index (χ4v) is 13.4. The predicted molar refractivity (Wildman–Crippen MR) is 282 cm³/mol. The maximum atomic E-state index is 15.1. The Kier molecular flexibility index (Phi) is 14.8. The van der Waals surface area contributed by atoms with E-state index in [9.17, 15) is 9.59 Å². The number of piperazine rings is 1. The van der Waals surface area contributed by atoms with Crippen LogP contribution in [0, 0.1) is 23.2 Å². The molecule has 4 aromatic rings. The first-order valence-corrected chi connectivity index (χ1v) is 28.3. The highest BCUT2D eigenvalue weighted by Gasteiger charge is 2.51.